The molecule has 1 unspecified atom stereocenters. The Morgan fingerprint density at radius 3 is 2.61 bits per heavy atom. The quantitative estimate of drug-likeness (QED) is 0.892. The zero-order valence-corrected chi connectivity index (χ0v) is 11.5. The van der Waals surface area contributed by atoms with Gasteiger partial charge in [0.05, 0.1) is 5.92 Å². The number of carboxylic acid groups (broad SMARTS) is 1. The van der Waals surface area contributed by atoms with Gasteiger partial charge in [-0.15, -0.1) is 11.3 Å². The van der Waals surface area contributed by atoms with Crippen LogP contribution in [0.1, 0.15) is 30.6 Å². The molecule has 100 valence electrons. The zero-order chi connectivity index (χ0) is 12.8. The second-order valence-corrected chi connectivity index (χ2v) is 6.07. The van der Waals surface area contributed by atoms with Gasteiger partial charge in [0.15, 0.2) is 0 Å². The molecule has 0 spiro atoms. The SMILES string of the molecule is O=C(O)C(Cc1cccs1)CN1CCCCCC1. The molecule has 1 N–H and O–H groups in total. The van der Waals surface area contributed by atoms with E-state index in [1.165, 1.54) is 30.6 Å². The van der Waals surface area contributed by atoms with Crippen molar-refractivity contribution in [1.29, 1.82) is 0 Å². The minimum Gasteiger partial charge on any atom is -0.481 e. The lowest BCUT2D eigenvalue weighted by atomic mass is 10.0. The molecule has 3 nitrogen and oxygen atoms in total. The third-order valence-corrected chi connectivity index (χ3v) is 4.45. The van der Waals surface area contributed by atoms with Gasteiger partial charge in [0, 0.05) is 11.4 Å². The summed E-state index contributed by atoms with van der Waals surface area (Å²) in [6.07, 6.45) is 5.68. The molecule has 2 heterocycles. The lowest BCUT2D eigenvalue weighted by Crippen LogP contribution is -2.34. The molecule has 18 heavy (non-hydrogen) atoms. The molecule has 1 fully saturated rings. The fourth-order valence-electron chi connectivity index (χ4n) is 2.53. The molecule has 0 saturated carbocycles. The predicted molar refractivity (Wildman–Crippen MR) is 74.1 cm³/mol. The van der Waals surface area contributed by atoms with Crippen LogP contribution in [0.25, 0.3) is 0 Å². The number of carbonyl (C=O) groups is 1. The summed E-state index contributed by atoms with van der Waals surface area (Å²) in [5.41, 5.74) is 0. The molecule has 0 bridgehead atoms. The van der Waals surface area contributed by atoms with Crippen molar-refractivity contribution < 1.29 is 9.90 Å². The summed E-state index contributed by atoms with van der Waals surface area (Å²) in [6, 6.07) is 4.02. The van der Waals surface area contributed by atoms with E-state index in [1.807, 2.05) is 17.5 Å². The first-order chi connectivity index (χ1) is 8.75. The van der Waals surface area contributed by atoms with Crippen LogP contribution in [0.5, 0.6) is 0 Å². The molecule has 0 amide bonds. The molecule has 1 aromatic heterocycles. The molecule has 0 aromatic carbocycles. The van der Waals surface area contributed by atoms with E-state index in [2.05, 4.69) is 4.90 Å². The van der Waals surface area contributed by atoms with Crippen molar-refractivity contribution in [3.05, 3.63) is 22.4 Å². The van der Waals surface area contributed by atoms with Crippen molar-refractivity contribution in [3.63, 3.8) is 0 Å². The van der Waals surface area contributed by atoms with Gasteiger partial charge >= 0.3 is 5.97 Å². The van der Waals surface area contributed by atoms with E-state index in [4.69, 9.17) is 0 Å². The number of thiophene rings is 1. The van der Waals surface area contributed by atoms with Gasteiger partial charge in [-0.1, -0.05) is 18.9 Å². The van der Waals surface area contributed by atoms with Crippen LogP contribution < -0.4 is 0 Å². The van der Waals surface area contributed by atoms with Crippen LogP contribution >= 0.6 is 11.3 Å². The smallest absolute Gasteiger partial charge is 0.308 e. The van der Waals surface area contributed by atoms with Crippen molar-refractivity contribution in [1.82, 2.24) is 4.90 Å². The molecule has 1 atom stereocenters. The highest BCUT2D eigenvalue weighted by Gasteiger charge is 2.22. The van der Waals surface area contributed by atoms with Crippen molar-refractivity contribution in [2.75, 3.05) is 19.6 Å². The summed E-state index contributed by atoms with van der Waals surface area (Å²) in [6.45, 7) is 2.83. The minimum atomic E-state index is -0.660. The number of carboxylic acids is 1. The molecule has 1 aliphatic heterocycles. The van der Waals surface area contributed by atoms with Crippen LogP contribution in [0.4, 0.5) is 0 Å². The van der Waals surface area contributed by atoms with Gasteiger partial charge in [-0.2, -0.15) is 0 Å². The Morgan fingerprint density at radius 2 is 2.06 bits per heavy atom. The Hall–Kier alpha value is -0.870. The first kappa shape index (κ1) is 13.6. The lowest BCUT2D eigenvalue weighted by molar-refractivity contribution is -0.142. The van der Waals surface area contributed by atoms with E-state index >= 15 is 0 Å². The molecule has 1 aliphatic rings. The average Bonchev–Trinajstić information content (AvgIpc) is 2.71. The van der Waals surface area contributed by atoms with Gasteiger partial charge in [0.25, 0.3) is 0 Å². The second kappa shape index (κ2) is 6.90. The number of likely N-dealkylation sites (tertiary alicyclic amines) is 1. The molecule has 4 heteroatoms. The van der Waals surface area contributed by atoms with E-state index in [0.29, 0.717) is 13.0 Å². The van der Waals surface area contributed by atoms with Crippen molar-refractivity contribution in [2.24, 2.45) is 5.92 Å². The summed E-state index contributed by atoms with van der Waals surface area (Å²) in [7, 11) is 0. The Labute approximate surface area is 112 Å². The highest BCUT2D eigenvalue weighted by atomic mass is 32.1. The zero-order valence-electron chi connectivity index (χ0n) is 10.7. The molecule has 1 saturated heterocycles. The maximum absolute atomic E-state index is 11.4. The maximum Gasteiger partial charge on any atom is 0.308 e. The number of nitrogens with zero attached hydrogens (tertiary/aromatic N) is 1. The van der Waals surface area contributed by atoms with E-state index in [9.17, 15) is 9.90 Å². The molecule has 0 radical (unpaired) electrons. The topological polar surface area (TPSA) is 40.5 Å². The molecule has 1 aromatic rings. The highest BCUT2D eigenvalue weighted by molar-refractivity contribution is 7.09. The number of hydrogen-bond acceptors (Lipinski definition) is 3. The van der Waals surface area contributed by atoms with Crippen LogP contribution in [0.15, 0.2) is 17.5 Å². The highest BCUT2D eigenvalue weighted by Crippen LogP contribution is 2.18. The van der Waals surface area contributed by atoms with Crippen LogP contribution in [-0.4, -0.2) is 35.6 Å². The standard InChI is InChI=1S/C14H21NO2S/c16-14(17)12(10-13-6-5-9-18-13)11-15-7-3-1-2-4-8-15/h5-6,9,12H,1-4,7-8,10-11H2,(H,16,17). The van der Waals surface area contributed by atoms with Crippen LogP contribution in [0.3, 0.4) is 0 Å². The summed E-state index contributed by atoms with van der Waals surface area (Å²) in [5, 5.41) is 11.4. The van der Waals surface area contributed by atoms with Gasteiger partial charge in [-0.3, -0.25) is 4.79 Å². The number of aliphatic carboxylic acids is 1. The molecular weight excluding hydrogens is 246 g/mol. The third-order valence-electron chi connectivity index (χ3n) is 3.55. The Balaban J connectivity index is 1.90. The average molecular weight is 267 g/mol. The Morgan fingerprint density at radius 1 is 1.33 bits per heavy atom. The van der Waals surface area contributed by atoms with E-state index < -0.39 is 5.97 Å². The first-order valence-electron chi connectivity index (χ1n) is 6.73. The van der Waals surface area contributed by atoms with Gasteiger partial charge in [-0.25, -0.2) is 0 Å². The lowest BCUT2D eigenvalue weighted by Gasteiger charge is -2.23. The largest absolute Gasteiger partial charge is 0.481 e. The maximum atomic E-state index is 11.4. The third kappa shape index (κ3) is 4.10. The van der Waals surface area contributed by atoms with Gasteiger partial charge < -0.3 is 10.0 Å². The van der Waals surface area contributed by atoms with Crippen molar-refractivity contribution in [2.45, 2.75) is 32.1 Å². The van der Waals surface area contributed by atoms with Crippen LogP contribution in [0.2, 0.25) is 0 Å². The molecular formula is C14H21NO2S. The Bertz CT molecular complexity index is 356. The molecule has 2 rings (SSSR count). The summed E-state index contributed by atoms with van der Waals surface area (Å²) in [5.74, 6) is -0.922. The van der Waals surface area contributed by atoms with Gasteiger partial charge in [0.2, 0.25) is 0 Å². The van der Waals surface area contributed by atoms with E-state index in [1.54, 1.807) is 11.3 Å². The number of rotatable bonds is 5. The fourth-order valence-corrected chi connectivity index (χ4v) is 3.32. The summed E-state index contributed by atoms with van der Waals surface area (Å²) in [4.78, 5) is 14.9. The van der Waals surface area contributed by atoms with Crippen LogP contribution in [0, 0.1) is 5.92 Å². The number of hydrogen-bond donors (Lipinski definition) is 1. The first-order valence-corrected chi connectivity index (χ1v) is 7.61. The second-order valence-electron chi connectivity index (χ2n) is 5.03. The van der Waals surface area contributed by atoms with Crippen molar-refractivity contribution in [3.8, 4) is 0 Å². The molecule has 0 aliphatic carbocycles. The van der Waals surface area contributed by atoms with Gasteiger partial charge in [0.1, 0.15) is 0 Å². The van der Waals surface area contributed by atoms with Crippen molar-refractivity contribution >= 4 is 17.3 Å². The van der Waals surface area contributed by atoms with E-state index in [-0.39, 0.29) is 5.92 Å². The Kier molecular flexibility index (Phi) is 5.20. The predicted octanol–water partition coefficient (Wildman–Crippen LogP) is 2.87. The fraction of sp³-hybridized carbons (Fsp3) is 0.643. The van der Waals surface area contributed by atoms with E-state index in [0.717, 1.165) is 13.1 Å². The normalized spacial score (nSPS) is 19.3. The summed E-state index contributed by atoms with van der Waals surface area (Å²) < 4.78 is 0. The van der Waals surface area contributed by atoms with Crippen LogP contribution in [-0.2, 0) is 11.2 Å². The minimum absolute atomic E-state index is 0.262. The van der Waals surface area contributed by atoms with Gasteiger partial charge in [-0.05, 0) is 43.8 Å². The summed E-state index contributed by atoms with van der Waals surface area (Å²) >= 11 is 1.65. The monoisotopic (exact) mass is 267 g/mol.